The van der Waals surface area contributed by atoms with Crippen molar-refractivity contribution in [1.29, 1.82) is 0 Å². The third-order valence-electron chi connectivity index (χ3n) is 5.42. The maximum atomic E-state index is 6.25. The Hall–Kier alpha value is -1.51. The third kappa shape index (κ3) is 5.23. The largest absolute Gasteiger partial charge is 0.494 e. The molecule has 25 heavy (non-hydrogen) atoms. The molecule has 0 unspecified atom stereocenters. The van der Waals surface area contributed by atoms with Crippen LogP contribution in [0.5, 0.6) is 5.75 Å². The smallest absolute Gasteiger partial charge is 0.119 e. The highest BCUT2D eigenvalue weighted by Crippen LogP contribution is 2.35. The molecule has 3 heteroatoms. The number of halogens is 1. The fourth-order valence-corrected chi connectivity index (χ4v) is 3.63. The van der Waals surface area contributed by atoms with Crippen LogP contribution in [0.25, 0.3) is 0 Å². The van der Waals surface area contributed by atoms with E-state index in [1.165, 1.54) is 18.4 Å². The van der Waals surface area contributed by atoms with E-state index in [0.29, 0.717) is 5.41 Å². The summed E-state index contributed by atoms with van der Waals surface area (Å²) in [6.07, 6.45) is 3.57. The van der Waals surface area contributed by atoms with Gasteiger partial charge in [-0.2, -0.15) is 0 Å². The fraction of sp³-hybridized carbons (Fsp3) is 0.455. The van der Waals surface area contributed by atoms with Gasteiger partial charge in [0.05, 0.1) is 6.61 Å². The van der Waals surface area contributed by atoms with Crippen molar-refractivity contribution in [3.8, 4) is 5.75 Å². The Morgan fingerprint density at radius 3 is 2.48 bits per heavy atom. The van der Waals surface area contributed by atoms with Crippen LogP contribution in [0.3, 0.4) is 0 Å². The van der Waals surface area contributed by atoms with Gasteiger partial charge in [-0.25, -0.2) is 0 Å². The number of nitrogens with zero attached hydrogens (tertiary/aromatic N) is 1. The molecule has 134 valence electrons. The maximum Gasteiger partial charge on any atom is 0.119 e. The van der Waals surface area contributed by atoms with E-state index in [4.69, 9.17) is 16.3 Å². The lowest BCUT2D eigenvalue weighted by Crippen LogP contribution is -2.38. The van der Waals surface area contributed by atoms with E-state index in [1.54, 1.807) is 0 Å². The van der Waals surface area contributed by atoms with Crippen molar-refractivity contribution >= 4 is 11.6 Å². The first-order valence-corrected chi connectivity index (χ1v) is 9.57. The van der Waals surface area contributed by atoms with Gasteiger partial charge in [-0.3, -0.25) is 4.90 Å². The summed E-state index contributed by atoms with van der Waals surface area (Å²) < 4.78 is 5.89. The molecule has 0 bridgehead atoms. The van der Waals surface area contributed by atoms with Crippen molar-refractivity contribution in [1.82, 2.24) is 4.90 Å². The van der Waals surface area contributed by atoms with Gasteiger partial charge in [-0.1, -0.05) is 48.9 Å². The lowest BCUT2D eigenvalue weighted by atomic mass is 9.78. The predicted molar refractivity (Wildman–Crippen MR) is 105 cm³/mol. The minimum atomic E-state index is 0.385. The second-order valence-corrected chi connectivity index (χ2v) is 7.99. The molecular formula is C22H28ClNO. The van der Waals surface area contributed by atoms with Gasteiger partial charge >= 0.3 is 0 Å². The monoisotopic (exact) mass is 357 g/mol. The first-order chi connectivity index (χ1) is 12.0. The van der Waals surface area contributed by atoms with Crippen LogP contribution in [0.2, 0.25) is 5.02 Å². The summed E-state index contributed by atoms with van der Waals surface area (Å²) in [5.74, 6) is 0.972. The molecule has 0 N–H and O–H groups in total. The zero-order valence-electron chi connectivity index (χ0n) is 15.3. The van der Waals surface area contributed by atoms with E-state index < -0.39 is 0 Å². The van der Waals surface area contributed by atoms with Crippen LogP contribution in [-0.2, 0) is 6.54 Å². The number of ether oxygens (including phenoxy) is 1. The highest BCUT2D eigenvalue weighted by atomic mass is 35.5. The van der Waals surface area contributed by atoms with Crippen LogP contribution in [0, 0.1) is 12.3 Å². The minimum Gasteiger partial charge on any atom is -0.494 e. The van der Waals surface area contributed by atoms with Crippen LogP contribution in [0.4, 0.5) is 0 Å². The summed E-state index contributed by atoms with van der Waals surface area (Å²) in [5.41, 5.74) is 2.84. The SMILES string of the molecule is Cc1ccc(CN2CCC(C)(CCOc3ccccc3)CC2)cc1Cl. The molecule has 0 saturated carbocycles. The Morgan fingerprint density at radius 1 is 1.08 bits per heavy atom. The molecule has 1 fully saturated rings. The van der Waals surface area contributed by atoms with Crippen molar-refractivity contribution in [2.45, 2.75) is 39.7 Å². The van der Waals surface area contributed by atoms with Crippen LogP contribution >= 0.6 is 11.6 Å². The summed E-state index contributed by atoms with van der Waals surface area (Å²) in [6, 6.07) is 16.5. The van der Waals surface area contributed by atoms with Crippen molar-refractivity contribution in [3.63, 3.8) is 0 Å². The van der Waals surface area contributed by atoms with Gasteiger partial charge in [0.25, 0.3) is 0 Å². The van der Waals surface area contributed by atoms with E-state index in [1.807, 2.05) is 30.3 Å². The second kappa shape index (κ2) is 8.25. The quantitative estimate of drug-likeness (QED) is 0.655. The molecule has 0 amide bonds. The van der Waals surface area contributed by atoms with E-state index in [0.717, 1.165) is 49.0 Å². The Morgan fingerprint density at radius 2 is 1.80 bits per heavy atom. The van der Waals surface area contributed by atoms with Crippen molar-refractivity contribution in [2.75, 3.05) is 19.7 Å². The number of rotatable bonds is 6. The van der Waals surface area contributed by atoms with Crippen molar-refractivity contribution in [2.24, 2.45) is 5.41 Å². The number of benzene rings is 2. The maximum absolute atomic E-state index is 6.25. The summed E-state index contributed by atoms with van der Waals surface area (Å²) in [6.45, 7) is 8.54. The molecule has 2 nitrogen and oxygen atoms in total. The Bertz CT molecular complexity index is 678. The van der Waals surface area contributed by atoms with Gasteiger partial charge in [0.15, 0.2) is 0 Å². The molecule has 1 heterocycles. The lowest BCUT2D eigenvalue weighted by molar-refractivity contribution is 0.0904. The van der Waals surface area contributed by atoms with Gasteiger partial charge < -0.3 is 4.74 Å². The van der Waals surface area contributed by atoms with Crippen LogP contribution in [0.15, 0.2) is 48.5 Å². The van der Waals surface area contributed by atoms with Crippen LogP contribution in [-0.4, -0.2) is 24.6 Å². The highest BCUT2D eigenvalue weighted by molar-refractivity contribution is 6.31. The minimum absolute atomic E-state index is 0.385. The number of likely N-dealkylation sites (tertiary alicyclic amines) is 1. The Kier molecular flexibility index (Phi) is 6.03. The second-order valence-electron chi connectivity index (χ2n) is 7.58. The number of aryl methyl sites for hydroxylation is 1. The van der Waals surface area contributed by atoms with Crippen LogP contribution < -0.4 is 4.74 Å². The summed E-state index contributed by atoms with van der Waals surface area (Å²) in [7, 11) is 0. The van der Waals surface area contributed by atoms with Gasteiger partial charge in [-0.05, 0) is 74.0 Å². The predicted octanol–water partition coefficient (Wildman–Crippen LogP) is 5.72. The summed E-state index contributed by atoms with van der Waals surface area (Å²) >= 11 is 6.25. The summed E-state index contributed by atoms with van der Waals surface area (Å²) in [4.78, 5) is 2.54. The van der Waals surface area contributed by atoms with E-state index in [-0.39, 0.29) is 0 Å². The Labute approximate surface area is 156 Å². The first kappa shape index (κ1) is 18.3. The molecule has 0 aromatic heterocycles. The molecule has 2 aromatic rings. The average molecular weight is 358 g/mol. The first-order valence-electron chi connectivity index (χ1n) is 9.19. The van der Waals surface area contributed by atoms with Crippen molar-refractivity contribution < 1.29 is 4.74 Å². The normalized spacial score (nSPS) is 17.4. The molecule has 0 atom stereocenters. The molecule has 0 spiro atoms. The van der Waals surface area contributed by atoms with Gasteiger partial charge in [0, 0.05) is 11.6 Å². The molecule has 1 aliphatic heterocycles. The van der Waals surface area contributed by atoms with Gasteiger partial charge in [-0.15, -0.1) is 0 Å². The summed E-state index contributed by atoms with van der Waals surface area (Å²) in [5, 5.41) is 0.873. The van der Waals surface area contributed by atoms with Gasteiger partial charge in [0.2, 0.25) is 0 Å². The third-order valence-corrected chi connectivity index (χ3v) is 5.83. The number of hydrogen-bond donors (Lipinski definition) is 0. The molecule has 1 aliphatic rings. The number of para-hydroxylation sites is 1. The molecule has 0 radical (unpaired) electrons. The zero-order chi connectivity index (χ0) is 17.7. The van der Waals surface area contributed by atoms with E-state index >= 15 is 0 Å². The topological polar surface area (TPSA) is 12.5 Å². The number of hydrogen-bond acceptors (Lipinski definition) is 2. The molecular weight excluding hydrogens is 330 g/mol. The zero-order valence-corrected chi connectivity index (χ0v) is 16.1. The van der Waals surface area contributed by atoms with Crippen LogP contribution in [0.1, 0.15) is 37.3 Å². The lowest BCUT2D eigenvalue weighted by Gasteiger charge is -2.39. The standard InChI is InChI=1S/C22H28ClNO/c1-18-8-9-19(16-21(18)23)17-24-13-10-22(2,11-14-24)12-15-25-20-6-4-3-5-7-20/h3-9,16H,10-15,17H2,1-2H3. The van der Waals surface area contributed by atoms with Crippen molar-refractivity contribution in [3.05, 3.63) is 64.7 Å². The fourth-order valence-electron chi connectivity index (χ4n) is 3.43. The van der Waals surface area contributed by atoms with Gasteiger partial charge in [0.1, 0.15) is 5.75 Å². The Balaban J connectivity index is 1.44. The average Bonchev–Trinajstić information content (AvgIpc) is 2.61. The molecule has 0 aliphatic carbocycles. The highest BCUT2D eigenvalue weighted by Gasteiger charge is 2.29. The number of piperidine rings is 1. The molecule has 3 rings (SSSR count). The molecule has 2 aromatic carbocycles. The van der Waals surface area contributed by atoms with E-state index in [9.17, 15) is 0 Å². The van der Waals surface area contributed by atoms with E-state index in [2.05, 4.69) is 36.9 Å². The molecule has 1 saturated heterocycles.